The highest BCUT2D eigenvalue weighted by molar-refractivity contribution is 7.80. The Kier molecular flexibility index (Phi) is 3.73. The molecule has 0 aliphatic heterocycles. The third kappa shape index (κ3) is 2.61. The molecule has 0 radical (unpaired) electrons. The number of hydrogen-bond acceptors (Lipinski definition) is 3. The third-order valence-electron chi connectivity index (χ3n) is 1.53. The molecule has 1 aromatic carbocycles. The molecule has 0 atom stereocenters. The van der Waals surface area contributed by atoms with Crippen molar-refractivity contribution in [2.24, 2.45) is 5.84 Å². The average Bonchev–Trinajstić information content (AvgIpc) is 2.16. The Labute approximate surface area is 84.8 Å². The number of rotatable bonds is 2. The maximum Gasteiger partial charge on any atom is 0.271 e. The van der Waals surface area contributed by atoms with E-state index in [0.29, 0.717) is 0 Å². The Bertz CT molecular complexity index is 326. The highest BCUT2D eigenvalue weighted by atomic mass is 32.1. The molecule has 6 heteroatoms. The fourth-order valence-electron chi connectivity index (χ4n) is 0.850. The van der Waals surface area contributed by atoms with Crippen LogP contribution in [0, 0.1) is 11.6 Å². The monoisotopic (exact) mass is 218 g/mol. The second kappa shape index (κ2) is 4.83. The number of halogens is 2. The van der Waals surface area contributed by atoms with Crippen molar-refractivity contribution >= 4 is 17.4 Å². The first-order valence-corrected chi connectivity index (χ1v) is 4.12. The lowest BCUT2D eigenvalue weighted by Crippen LogP contribution is -2.30. The lowest BCUT2D eigenvalue weighted by atomic mass is 10.2. The van der Waals surface area contributed by atoms with E-state index in [1.54, 1.807) is 0 Å². The fourth-order valence-corrected chi connectivity index (χ4v) is 0.909. The van der Waals surface area contributed by atoms with Crippen LogP contribution in [0.25, 0.3) is 0 Å². The van der Waals surface area contributed by atoms with Crippen LogP contribution in [0.1, 0.15) is 5.56 Å². The molecule has 0 saturated carbocycles. The van der Waals surface area contributed by atoms with Crippen molar-refractivity contribution in [3.63, 3.8) is 0 Å². The summed E-state index contributed by atoms with van der Waals surface area (Å²) >= 11 is 4.54. The average molecular weight is 218 g/mol. The summed E-state index contributed by atoms with van der Waals surface area (Å²) in [6.45, 7) is -0.290. The molecule has 0 amide bonds. The van der Waals surface area contributed by atoms with Gasteiger partial charge in [-0.2, -0.15) is 0 Å². The molecule has 0 fully saturated rings. The summed E-state index contributed by atoms with van der Waals surface area (Å²) in [5.74, 6) is 3.56. The van der Waals surface area contributed by atoms with E-state index in [2.05, 4.69) is 12.2 Å². The number of hydrogen-bond donors (Lipinski definition) is 2. The summed E-state index contributed by atoms with van der Waals surface area (Å²) in [5, 5.41) is -0.118. The molecule has 0 aromatic heterocycles. The fraction of sp³-hybridized carbons (Fsp3) is 0.125. The van der Waals surface area contributed by atoms with E-state index in [-0.39, 0.29) is 17.3 Å². The normalized spacial score (nSPS) is 9.64. The van der Waals surface area contributed by atoms with Crippen molar-refractivity contribution in [1.29, 1.82) is 0 Å². The molecular weight excluding hydrogens is 210 g/mol. The van der Waals surface area contributed by atoms with Gasteiger partial charge in [0, 0.05) is 0 Å². The van der Waals surface area contributed by atoms with Crippen LogP contribution in [0.2, 0.25) is 0 Å². The summed E-state index contributed by atoms with van der Waals surface area (Å²) in [6, 6.07) is 3.55. The molecular formula is C8H8F2N2OS. The van der Waals surface area contributed by atoms with Crippen molar-refractivity contribution in [3.05, 3.63) is 35.4 Å². The van der Waals surface area contributed by atoms with Crippen LogP contribution in [-0.4, -0.2) is 5.17 Å². The predicted molar refractivity (Wildman–Crippen MR) is 51.1 cm³/mol. The largest absolute Gasteiger partial charge is 0.465 e. The first-order valence-electron chi connectivity index (χ1n) is 3.71. The Balaban J connectivity index is 2.71. The lowest BCUT2D eigenvalue weighted by molar-refractivity contribution is 0.274. The van der Waals surface area contributed by atoms with Gasteiger partial charge in [0.25, 0.3) is 5.17 Å². The Morgan fingerprint density at radius 3 is 2.50 bits per heavy atom. The minimum Gasteiger partial charge on any atom is -0.465 e. The topological polar surface area (TPSA) is 47.3 Å². The SMILES string of the molecule is NNC(=S)OCc1c(F)cccc1F. The highest BCUT2D eigenvalue weighted by Crippen LogP contribution is 2.12. The van der Waals surface area contributed by atoms with Gasteiger partial charge in [-0.05, 0) is 24.4 Å². The standard InChI is InChI=1S/C8H8F2N2OS/c9-6-2-1-3-7(10)5(6)4-13-8(14)12-11/h1-3H,4,11H2,(H,12,14). The van der Waals surface area contributed by atoms with Gasteiger partial charge >= 0.3 is 0 Å². The van der Waals surface area contributed by atoms with Gasteiger partial charge in [0.15, 0.2) is 0 Å². The maximum absolute atomic E-state index is 13.0. The minimum absolute atomic E-state index is 0.118. The zero-order chi connectivity index (χ0) is 10.6. The van der Waals surface area contributed by atoms with Crippen molar-refractivity contribution in [2.45, 2.75) is 6.61 Å². The van der Waals surface area contributed by atoms with E-state index in [9.17, 15) is 8.78 Å². The molecule has 0 spiro atoms. The molecule has 1 rings (SSSR count). The van der Waals surface area contributed by atoms with Crippen molar-refractivity contribution in [3.8, 4) is 0 Å². The Hall–Kier alpha value is -1.27. The zero-order valence-electron chi connectivity index (χ0n) is 7.09. The van der Waals surface area contributed by atoms with E-state index in [1.165, 1.54) is 6.07 Å². The number of ether oxygens (including phenoxy) is 1. The number of nitrogens with two attached hydrogens (primary N) is 1. The number of thiocarbonyl (C=S) groups is 1. The van der Waals surface area contributed by atoms with Crippen LogP contribution < -0.4 is 11.3 Å². The molecule has 3 N–H and O–H groups in total. The van der Waals surface area contributed by atoms with Crippen LogP contribution >= 0.6 is 12.2 Å². The van der Waals surface area contributed by atoms with E-state index in [1.807, 2.05) is 5.43 Å². The first-order chi connectivity index (χ1) is 6.65. The number of hydrazine groups is 1. The molecule has 0 bridgehead atoms. The lowest BCUT2D eigenvalue weighted by Gasteiger charge is -2.07. The van der Waals surface area contributed by atoms with Gasteiger partial charge < -0.3 is 4.74 Å². The van der Waals surface area contributed by atoms with Crippen molar-refractivity contribution in [2.75, 3.05) is 0 Å². The number of benzene rings is 1. The molecule has 0 aliphatic rings. The first kappa shape index (κ1) is 10.8. The molecule has 1 aromatic rings. The van der Waals surface area contributed by atoms with Crippen LogP contribution in [0.5, 0.6) is 0 Å². The molecule has 0 aliphatic carbocycles. The molecule has 14 heavy (non-hydrogen) atoms. The predicted octanol–water partition coefficient (Wildman–Crippen LogP) is 1.23. The van der Waals surface area contributed by atoms with E-state index >= 15 is 0 Å². The molecule has 0 unspecified atom stereocenters. The quantitative estimate of drug-likeness (QED) is 0.445. The smallest absolute Gasteiger partial charge is 0.271 e. The second-order valence-corrected chi connectivity index (χ2v) is 2.79. The summed E-state index contributed by atoms with van der Waals surface area (Å²) < 4.78 is 30.7. The van der Waals surface area contributed by atoms with Gasteiger partial charge in [0.2, 0.25) is 0 Å². The maximum atomic E-state index is 13.0. The number of nitrogens with one attached hydrogen (secondary N) is 1. The van der Waals surface area contributed by atoms with Crippen molar-refractivity contribution < 1.29 is 13.5 Å². The highest BCUT2D eigenvalue weighted by Gasteiger charge is 2.08. The summed E-state index contributed by atoms with van der Waals surface area (Å²) in [4.78, 5) is 0. The van der Waals surface area contributed by atoms with Gasteiger partial charge in [-0.15, -0.1) is 0 Å². The van der Waals surface area contributed by atoms with Crippen LogP contribution in [0.15, 0.2) is 18.2 Å². The Morgan fingerprint density at radius 1 is 1.43 bits per heavy atom. The Morgan fingerprint density at radius 2 is 2.00 bits per heavy atom. The molecule has 0 heterocycles. The summed E-state index contributed by atoms with van der Waals surface area (Å²) in [5.41, 5.74) is 1.86. The van der Waals surface area contributed by atoms with Gasteiger partial charge in [-0.25, -0.2) is 14.6 Å². The molecule has 76 valence electrons. The van der Waals surface area contributed by atoms with Crippen LogP contribution in [-0.2, 0) is 11.3 Å². The van der Waals surface area contributed by atoms with E-state index < -0.39 is 11.6 Å². The van der Waals surface area contributed by atoms with Gasteiger partial charge in [-0.1, -0.05) is 6.07 Å². The molecule has 0 saturated heterocycles. The summed E-state index contributed by atoms with van der Waals surface area (Å²) in [7, 11) is 0. The van der Waals surface area contributed by atoms with Gasteiger partial charge in [-0.3, -0.25) is 5.43 Å². The van der Waals surface area contributed by atoms with E-state index in [4.69, 9.17) is 10.6 Å². The third-order valence-corrected chi connectivity index (χ3v) is 1.76. The van der Waals surface area contributed by atoms with Crippen molar-refractivity contribution in [1.82, 2.24) is 5.43 Å². The van der Waals surface area contributed by atoms with Gasteiger partial charge in [0.05, 0.1) is 5.56 Å². The van der Waals surface area contributed by atoms with Crippen LogP contribution in [0.4, 0.5) is 8.78 Å². The van der Waals surface area contributed by atoms with E-state index in [0.717, 1.165) is 12.1 Å². The molecule has 3 nitrogen and oxygen atoms in total. The van der Waals surface area contributed by atoms with Crippen LogP contribution in [0.3, 0.4) is 0 Å². The van der Waals surface area contributed by atoms with Gasteiger partial charge in [0.1, 0.15) is 18.2 Å². The second-order valence-electron chi connectivity index (χ2n) is 2.42. The zero-order valence-corrected chi connectivity index (χ0v) is 7.91. The minimum atomic E-state index is -0.676. The summed E-state index contributed by atoms with van der Waals surface area (Å²) in [6.07, 6.45) is 0.